The Kier molecular flexibility index (Phi) is 4.90. The van der Waals surface area contributed by atoms with Crippen LogP contribution < -0.4 is 15.4 Å². The molecule has 5 nitrogen and oxygen atoms in total. The molecule has 0 unspecified atom stereocenters. The van der Waals surface area contributed by atoms with Crippen molar-refractivity contribution in [2.24, 2.45) is 11.1 Å². The number of hydrogen-bond donors (Lipinski definition) is 1. The van der Waals surface area contributed by atoms with Crippen LogP contribution in [0.25, 0.3) is 0 Å². The van der Waals surface area contributed by atoms with E-state index in [1.807, 2.05) is 31.9 Å². The number of aromatic nitrogens is 2. The number of anilines is 1. The van der Waals surface area contributed by atoms with Gasteiger partial charge >= 0.3 is 0 Å². The molecular weight excluding hydrogens is 228 g/mol. The van der Waals surface area contributed by atoms with E-state index in [4.69, 9.17) is 10.5 Å². The first-order valence-corrected chi connectivity index (χ1v) is 6.27. The first-order chi connectivity index (χ1) is 8.38. The quantitative estimate of drug-likeness (QED) is 0.833. The number of nitrogens with zero attached hydrogens (tertiary/aromatic N) is 3. The summed E-state index contributed by atoms with van der Waals surface area (Å²) in [5.41, 5.74) is 6.69. The average molecular weight is 252 g/mol. The topological polar surface area (TPSA) is 64.3 Å². The van der Waals surface area contributed by atoms with Crippen molar-refractivity contribution in [1.82, 2.24) is 9.97 Å². The highest BCUT2D eigenvalue weighted by Crippen LogP contribution is 2.19. The number of ether oxygens (including phenoxy) is 1. The van der Waals surface area contributed by atoms with E-state index in [0.717, 1.165) is 12.2 Å². The molecule has 0 saturated heterocycles. The molecule has 2 N–H and O–H groups in total. The van der Waals surface area contributed by atoms with Crippen LogP contribution in [0.1, 0.15) is 26.5 Å². The Labute approximate surface area is 109 Å². The molecule has 0 aliphatic heterocycles. The van der Waals surface area contributed by atoms with Crippen LogP contribution in [0.2, 0.25) is 0 Å². The van der Waals surface area contributed by atoms with Gasteiger partial charge in [0.25, 0.3) is 0 Å². The van der Waals surface area contributed by atoms with Gasteiger partial charge in [-0.05, 0) is 25.8 Å². The van der Waals surface area contributed by atoms with Gasteiger partial charge in [0.15, 0.2) is 0 Å². The number of nitrogens with two attached hydrogens (primary N) is 1. The van der Waals surface area contributed by atoms with Crippen molar-refractivity contribution in [3.8, 4) is 5.88 Å². The highest BCUT2D eigenvalue weighted by molar-refractivity contribution is 5.33. The second-order valence-electron chi connectivity index (χ2n) is 5.30. The summed E-state index contributed by atoms with van der Waals surface area (Å²) in [5, 5.41) is 0. The van der Waals surface area contributed by atoms with Gasteiger partial charge in [-0.2, -0.15) is 4.98 Å². The second kappa shape index (κ2) is 6.00. The van der Waals surface area contributed by atoms with Crippen molar-refractivity contribution in [1.29, 1.82) is 0 Å². The van der Waals surface area contributed by atoms with Gasteiger partial charge in [-0.15, -0.1) is 0 Å². The van der Waals surface area contributed by atoms with Crippen LogP contribution in [-0.2, 0) is 0 Å². The Balaban J connectivity index is 2.88. The third-order valence-corrected chi connectivity index (χ3v) is 2.67. The zero-order valence-corrected chi connectivity index (χ0v) is 12.0. The van der Waals surface area contributed by atoms with Gasteiger partial charge in [0.2, 0.25) is 11.8 Å². The zero-order chi connectivity index (χ0) is 13.8. The molecule has 102 valence electrons. The van der Waals surface area contributed by atoms with E-state index in [1.165, 1.54) is 0 Å². The molecule has 0 bridgehead atoms. The molecule has 0 aromatic carbocycles. The molecule has 1 aromatic heterocycles. The van der Waals surface area contributed by atoms with Crippen LogP contribution in [0, 0.1) is 12.3 Å². The largest absolute Gasteiger partial charge is 0.478 e. The maximum atomic E-state index is 5.75. The van der Waals surface area contributed by atoms with Crippen molar-refractivity contribution in [3.05, 3.63) is 11.8 Å². The van der Waals surface area contributed by atoms with E-state index >= 15 is 0 Å². The molecule has 0 amide bonds. The fraction of sp³-hybridized carbons (Fsp3) is 0.692. The van der Waals surface area contributed by atoms with Gasteiger partial charge in [-0.1, -0.05) is 13.8 Å². The number of aryl methyl sites for hydroxylation is 1. The summed E-state index contributed by atoms with van der Waals surface area (Å²) in [6.07, 6.45) is 0. The zero-order valence-electron chi connectivity index (χ0n) is 12.0. The standard InChI is InChI=1S/C13H24N4O/c1-6-18-11-7-10(2)15-12(16-11)17(5)9-13(3,4)8-14/h7H,6,8-9,14H2,1-5H3. The normalized spacial score (nSPS) is 11.4. The summed E-state index contributed by atoms with van der Waals surface area (Å²) < 4.78 is 5.43. The molecule has 0 radical (unpaired) electrons. The smallest absolute Gasteiger partial charge is 0.228 e. The summed E-state index contributed by atoms with van der Waals surface area (Å²) in [6.45, 7) is 10.2. The van der Waals surface area contributed by atoms with Crippen molar-refractivity contribution in [2.75, 3.05) is 31.6 Å². The SMILES string of the molecule is CCOc1cc(C)nc(N(C)CC(C)(C)CN)n1. The minimum Gasteiger partial charge on any atom is -0.478 e. The van der Waals surface area contributed by atoms with Gasteiger partial charge < -0.3 is 15.4 Å². The minimum absolute atomic E-state index is 0.0354. The van der Waals surface area contributed by atoms with Gasteiger partial charge in [-0.25, -0.2) is 4.98 Å². The summed E-state index contributed by atoms with van der Waals surface area (Å²) in [5.74, 6) is 1.30. The lowest BCUT2D eigenvalue weighted by Crippen LogP contribution is -2.37. The number of rotatable bonds is 6. The third-order valence-electron chi connectivity index (χ3n) is 2.67. The fourth-order valence-electron chi connectivity index (χ4n) is 1.69. The Bertz CT molecular complexity index is 393. The molecule has 5 heteroatoms. The van der Waals surface area contributed by atoms with Crippen LogP contribution in [0.4, 0.5) is 5.95 Å². The molecule has 0 fully saturated rings. The lowest BCUT2D eigenvalue weighted by atomic mass is 9.93. The second-order valence-corrected chi connectivity index (χ2v) is 5.30. The molecule has 1 rings (SSSR count). The van der Waals surface area contributed by atoms with Gasteiger partial charge in [0.1, 0.15) is 0 Å². The molecule has 0 aliphatic carbocycles. The molecule has 1 aromatic rings. The Hall–Kier alpha value is -1.36. The molecule has 0 aliphatic rings. The van der Waals surface area contributed by atoms with Crippen molar-refractivity contribution in [2.45, 2.75) is 27.7 Å². The lowest BCUT2D eigenvalue weighted by molar-refractivity contribution is 0.325. The molecular formula is C13H24N4O. The van der Waals surface area contributed by atoms with Crippen LogP contribution >= 0.6 is 0 Å². The lowest BCUT2D eigenvalue weighted by Gasteiger charge is -2.29. The van der Waals surface area contributed by atoms with Crippen LogP contribution in [0.3, 0.4) is 0 Å². The Morgan fingerprint density at radius 2 is 2.06 bits per heavy atom. The van der Waals surface area contributed by atoms with E-state index in [2.05, 4.69) is 23.8 Å². The van der Waals surface area contributed by atoms with E-state index in [0.29, 0.717) is 25.0 Å². The Morgan fingerprint density at radius 3 is 2.61 bits per heavy atom. The predicted octanol–water partition coefficient (Wildman–Crippen LogP) is 1.60. The monoisotopic (exact) mass is 252 g/mol. The summed E-state index contributed by atoms with van der Waals surface area (Å²) in [4.78, 5) is 10.8. The first-order valence-electron chi connectivity index (χ1n) is 6.27. The fourth-order valence-corrected chi connectivity index (χ4v) is 1.69. The van der Waals surface area contributed by atoms with Crippen molar-refractivity contribution < 1.29 is 4.74 Å². The Morgan fingerprint density at radius 1 is 1.39 bits per heavy atom. The predicted molar refractivity (Wildman–Crippen MR) is 74.0 cm³/mol. The van der Waals surface area contributed by atoms with Crippen LogP contribution in [0.5, 0.6) is 5.88 Å². The average Bonchev–Trinajstić information content (AvgIpc) is 2.28. The molecule has 1 heterocycles. The van der Waals surface area contributed by atoms with E-state index in [9.17, 15) is 0 Å². The third kappa shape index (κ3) is 4.14. The summed E-state index contributed by atoms with van der Waals surface area (Å²) >= 11 is 0. The van der Waals surface area contributed by atoms with E-state index in [1.54, 1.807) is 0 Å². The van der Waals surface area contributed by atoms with Gasteiger partial charge in [0, 0.05) is 25.4 Å². The molecule has 0 atom stereocenters. The number of hydrogen-bond acceptors (Lipinski definition) is 5. The van der Waals surface area contributed by atoms with Gasteiger partial charge in [-0.3, -0.25) is 0 Å². The first kappa shape index (κ1) is 14.7. The van der Waals surface area contributed by atoms with Gasteiger partial charge in [0.05, 0.1) is 6.61 Å². The van der Waals surface area contributed by atoms with Crippen LogP contribution in [0.15, 0.2) is 6.07 Å². The van der Waals surface area contributed by atoms with Crippen LogP contribution in [-0.4, -0.2) is 36.7 Å². The van der Waals surface area contributed by atoms with Crippen molar-refractivity contribution in [3.63, 3.8) is 0 Å². The highest BCUT2D eigenvalue weighted by Gasteiger charge is 2.20. The maximum Gasteiger partial charge on any atom is 0.228 e. The minimum atomic E-state index is 0.0354. The maximum absolute atomic E-state index is 5.75. The van der Waals surface area contributed by atoms with E-state index < -0.39 is 0 Å². The summed E-state index contributed by atoms with van der Waals surface area (Å²) in [6, 6.07) is 1.84. The molecule has 0 saturated carbocycles. The van der Waals surface area contributed by atoms with Crippen molar-refractivity contribution >= 4 is 5.95 Å². The van der Waals surface area contributed by atoms with E-state index in [-0.39, 0.29) is 5.41 Å². The highest BCUT2D eigenvalue weighted by atomic mass is 16.5. The summed E-state index contributed by atoms with van der Waals surface area (Å²) in [7, 11) is 1.97. The molecule has 18 heavy (non-hydrogen) atoms. The molecule has 0 spiro atoms.